The molecule has 0 heterocycles. The van der Waals surface area contributed by atoms with Crippen LogP contribution in [0.15, 0.2) is 18.2 Å². The normalized spacial score (nSPS) is 16.1. The van der Waals surface area contributed by atoms with Gasteiger partial charge in [-0.1, -0.05) is 0 Å². The lowest BCUT2D eigenvalue weighted by atomic mass is 10.1. The highest BCUT2D eigenvalue weighted by molar-refractivity contribution is 5.92. The van der Waals surface area contributed by atoms with Crippen LogP contribution in [0, 0.1) is 12.8 Å². The molecule has 1 fully saturated rings. The number of rotatable bonds is 6. The van der Waals surface area contributed by atoms with E-state index in [1.165, 1.54) is 0 Å². The molecule has 0 aromatic heterocycles. The highest BCUT2D eigenvalue weighted by Gasteiger charge is 2.29. The first-order valence-corrected chi connectivity index (χ1v) is 7.28. The Kier molecular flexibility index (Phi) is 4.65. The second-order valence-corrected chi connectivity index (χ2v) is 5.90. The van der Waals surface area contributed by atoms with Crippen molar-refractivity contribution in [3.05, 3.63) is 23.8 Å². The number of nitrogens with one attached hydrogen (secondary N) is 1. The number of benzene rings is 1. The Morgan fingerprint density at radius 1 is 1.45 bits per heavy atom. The van der Waals surface area contributed by atoms with Crippen molar-refractivity contribution in [2.45, 2.75) is 52.2 Å². The molecular weight excluding hydrogens is 252 g/mol. The molecule has 4 heteroatoms. The Morgan fingerprint density at radius 3 is 2.70 bits per heavy atom. The largest absolute Gasteiger partial charge is 0.491 e. The van der Waals surface area contributed by atoms with E-state index in [4.69, 9.17) is 10.5 Å². The van der Waals surface area contributed by atoms with Gasteiger partial charge in [-0.2, -0.15) is 0 Å². The number of amides is 1. The summed E-state index contributed by atoms with van der Waals surface area (Å²) in [6, 6.07) is 5.70. The molecule has 1 amide bonds. The highest BCUT2D eigenvalue weighted by atomic mass is 16.5. The maximum atomic E-state index is 11.9. The zero-order valence-corrected chi connectivity index (χ0v) is 12.5. The summed E-state index contributed by atoms with van der Waals surface area (Å²) in [5, 5.41) is 2.93. The molecule has 3 N–H and O–H groups in total. The van der Waals surface area contributed by atoms with E-state index in [1.807, 2.05) is 39.0 Å². The van der Waals surface area contributed by atoms with E-state index in [0.717, 1.165) is 29.8 Å². The van der Waals surface area contributed by atoms with E-state index in [9.17, 15) is 4.79 Å². The topological polar surface area (TPSA) is 64.3 Å². The molecule has 1 atom stereocenters. The van der Waals surface area contributed by atoms with Gasteiger partial charge >= 0.3 is 0 Å². The van der Waals surface area contributed by atoms with E-state index < -0.39 is 0 Å². The third-order valence-electron chi connectivity index (χ3n) is 3.49. The van der Waals surface area contributed by atoms with E-state index in [2.05, 4.69) is 5.32 Å². The standard InChI is InChI=1S/C16H24N2O2/c1-10(2)20-13-6-7-15(11(3)8-13)18-16(19)9-14(17)12-4-5-12/h6-8,10,12,14H,4-5,9,17H2,1-3H3,(H,18,19). The average Bonchev–Trinajstić information content (AvgIpc) is 3.15. The summed E-state index contributed by atoms with van der Waals surface area (Å²) in [7, 11) is 0. The Labute approximate surface area is 120 Å². The molecule has 0 radical (unpaired) electrons. The number of hydrogen-bond acceptors (Lipinski definition) is 3. The van der Waals surface area contributed by atoms with Gasteiger partial charge in [-0.05, 0) is 63.3 Å². The molecule has 2 rings (SSSR count). The van der Waals surface area contributed by atoms with Gasteiger partial charge in [0, 0.05) is 18.2 Å². The van der Waals surface area contributed by atoms with Crippen LogP contribution < -0.4 is 15.8 Å². The smallest absolute Gasteiger partial charge is 0.225 e. The summed E-state index contributed by atoms with van der Waals surface area (Å²) in [6.07, 6.45) is 2.86. The SMILES string of the molecule is Cc1cc(OC(C)C)ccc1NC(=O)CC(N)C1CC1. The van der Waals surface area contributed by atoms with Crippen molar-refractivity contribution >= 4 is 11.6 Å². The summed E-state index contributed by atoms with van der Waals surface area (Å²) >= 11 is 0. The minimum Gasteiger partial charge on any atom is -0.491 e. The second kappa shape index (κ2) is 6.27. The molecule has 20 heavy (non-hydrogen) atoms. The number of carbonyl (C=O) groups is 1. The van der Waals surface area contributed by atoms with Crippen molar-refractivity contribution < 1.29 is 9.53 Å². The fourth-order valence-electron chi connectivity index (χ4n) is 2.23. The third-order valence-corrected chi connectivity index (χ3v) is 3.49. The van der Waals surface area contributed by atoms with E-state index >= 15 is 0 Å². The van der Waals surface area contributed by atoms with Crippen LogP contribution in [-0.4, -0.2) is 18.1 Å². The predicted molar refractivity (Wildman–Crippen MR) is 80.9 cm³/mol. The molecule has 110 valence electrons. The van der Waals surface area contributed by atoms with Crippen LogP contribution in [0.3, 0.4) is 0 Å². The van der Waals surface area contributed by atoms with Crippen LogP contribution >= 0.6 is 0 Å². The fourth-order valence-corrected chi connectivity index (χ4v) is 2.23. The van der Waals surface area contributed by atoms with Gasteiger partial charge < -0.3 is 15.8 Å². The van der Waals surface area contributed by atoms with Gasteiger partial charge in [-0.15, -0.1) is 0 Å². The van der Waals surface area contributed by atoms with Crippen LogP contribution in [0.2, 0.25) is 0 Å². The Bertz CT molecular complexity index is 481. The average molecular weight is 276 g/mol. The lowest BCUT2D eigenvalue weighted by Crippen LogP contribution is -2.29. The summed E-state index contributed by atoms with van der Waals surface area (Å²) in [6.45, 7) is 5.94. The Hall–Kier alpha value is -1.55. The van der Waals surface area contributed by atoms with Gasteiger partial charge in [0.1, 0.15) is 5.75 Å². The lowest BCUT2D eigenvalue weighted by Gasteiger charge is -2.14. The molecule has 1 saturated carbocycles. The molecule has 1 aliphatic carbocycles. The molecule has 1 aliphatic rings. The fraction of sp³-hybridized carbons (Fsp3) is 0.562. The number of hydrogen-bond donors (Lipinski definition) is 2. The molecule has 0 aliphatic heterocycles. The van der Waals surface area contributed by atoms with Gasteiger partial charge in [0.2, 0.25) is 5.91 Å². The van der Waals surface area contributed by atoms with Crippen LogP contribution in [0.1, 0.15) is 38.7 Å². The zero-order valence-electron chi connectivity index (χ0n) is 12.5. The van der Waals surface area contributed by atoms with Crippen LogP contribution in [0.4, 0.5) is 5.69 Å². The molecule has 1 aromatic carbocycles. The summed E-state index contributed by atoms with van der Waals surface area (Å²) in [5.74, 6) is 1.36. The quantitative estimate of drug-likeness (QED) is 0.839. The first-order chi connectivity index (χ1) is 9.45. The van der Waals surface area contributed by atoms with Crippen molar-refractivity contribution in [1.29, 1.82) is 0 Å². The first-order valence-electron chi connectivity index (χ1n) is 7.28. The van der Waals surface area contributed by atoms with Crippen molar-refractivity contribution in [3.8, 4) is 5.75 Å². The van der Waals surface area contributed by atoms with Crippen molar-refractivity contribution in [2.75, 3.05) is 5.32 Å². The van der Waals surface area contributed by atoms with Crippen molar-refractivity contribution in [3.63, 3.8) is 0 Å². The number of carbonyl (C=O) groups excluding carboxylic acids is 1. The van der Waals surface area contributed by atoms with E-state index in [-0.39, 0.29) is 18.1 Å². The number of nitrogens with two attached hydrogens (primary N) is 1. The van der Waals surface area contributed by atoms with Gasteiger partial charge in [-0.3, -0.25) is 4.79 Å². The molecule has 0 saturated heterocycles. The van der Waals surface area contributed by atoms with Gasteiger partial charge in [0.05, 0.1) is 6.10 Å². The van der Waals surface area contributed by atoms with E-state index in [0.29, 0.717) is 12.3 Å². The molecule has 0 spiro atoms. The first kappa shape index (κ1) is 14.9. The number of anilines is 1. The lowest BCUT2D eigenvalue weighted by molar-refractivity contribution is -0.116. The Morgan fingerprint density at radius 2 is 2.15 bits per heavy atom. The molecule has 1 aromatic rings. The third kappa shape index (κ3) is 4.23. The minimum atomic E-state index is -0.00923. The predicted octanol–water partition coefficient (Wildman–Crippen LogP) is 2.85. The maximum absolute atomic E-state index is 11.9. The molecular formula is C16H24N2O2. The number of ether oxygens (including phenoxy) is 1. The minimum absolute atomic E-state index is 0.00106. The second-order valence-electron chi connectivity index (χ2n) is 5.90. The van der Waals surface area contributed by atoms with Crippen LogP contribution in [0.25, 0.3) is 0 Å². The van der Waals surface area contributed by atoms with Crippen molar-refractivity contribution in [2.24, 2.45) is 11.7 Å². The van der Waals surface area contributed by atoms with Gasteiger partial charge in [-0.25, -0.2) is 0 Å². The summed E-state index contributed by atoms with van der Waals surface area (Å²) < 4.78 is 5.63. The van der Waals surface area contributed by atoms with Crippen LogP contribution in [-0.2, 0) is 4.79 Å². The molecule has 0 bridgehead atoms. The summed E-state index contributed by atoms with van der Waals surface area (Å²) in [4.78, 5) is 11.9. The summed E-state index contributed by atoms with van der Waals surface area (Å²) in [5.41, 5.74) is 7.79. The highest BCUT2D eigenvalue weighted by Crippen LogP contribution is 2.33. The Balaban J connectivity index is 1.93. The van der Waals surface area contributed by atoms with Crippen molar-refractivity contribution in [1.82, 2.24) is 0 Å². The number of aryl methyl sites for hydroxylation is 1. The monoisotopic (exact) mass is 276 g/mol. The molecule has 1 unspecified atom stereocenters. The van der Waals surface area contributed by atoms with Crippen LogP contribution in [0.5, 0.6) is 5.75 Å². The van der Waals surface area contributed by atoms with E-state index in [1.54, 1.807) is 0 Å². The van der Waals surface area contributed by atoms with Gasteiger partial charge in [0.15, 0.2) is 0 Å². The zero-order chi connectivity index (χ0) is 14.7. The van der Waals surface area contributed by atoms with Gasteiger partial charge in [0.25, 0.3) is 0 Å². The maximum Gasteiger partial charge on any atom is 0.225 e. The molecule has 4 nitrogen and oxygen atoms in total.